The first kappa shape index (κ1) is 19.7. The molecule has 3 aromatic rings. The second-order valence-corrected chi connectivity index (χ2v) is 5.76. The van der Waals surface area contributed by atoms with Gasteiger partial charge >= 0.3 is 5.97 Å². The number of benzene rings is 2. The molecule has 4 N–H and O–H groups in total. The van der Waals surface area contributed by atoms with Gasteiger partial charge in [0.15, 0.2) is 23.1 Å². The number of phenols is 2. The van der Waals surface area contributed by atoms with E-state index in [0.29, 0.717) is 5.69 Å². The standard InChI is InChI=1S/C19H17FN4O5/c1-28-16-14(6-10(7-15(16)26)18(27)29-2)23-19-21-9-13(20)17(24-19)22-11-4-3-5-12(25)8-11/h3-9,25-26H,1-2H3,(H2,21,22,23,24). The predicted molar refractivity (Wildman–Crippen MR) is 103 cm³/mol. The summed E-state index contributed by atoms with van der Waals surface area (Å²) in [6.07, 6.45) is 0.941. The molecule has 1 aromatic heterocycles. The van der Waals surface area contributed by atoms with Gasteiger partial charge in [0.1, 0.15) is 5.75 Å². The van der Waals surface area contributed by atoms with Gasteiger partial charge in [0.25, 0.3) is 0 Å². The SMILES string of the molecule is COC(=O)c1cc(O)c(OC)c(Nc2ncc(F)c(Nc3cccc(O)c3)n2)c1. The lowest BCUT2D eigenvalue weighted by Gasteiger charge is -2.14. The third-order valence-corrected chi connectivity index (χ3v) is 3.79. The summed E-state index contributed by atoms with van der Waals surface area (Å²) in [6.45, 7) is 0. The number of carbonyl (C=O) groups is 1. The van der Waals surface area contributed by atoms with E-state index < -0.39 is 11.8 Å². The van der Waals surface area contributed by atoms with Crippen molar-refractivity contribution < 1.29 is 28.9 Å². The van der Waals surface area contributed by atoms with E-state index in [1.54, 1.807) is 12.1 Å². The number of aromatic nitrogens is 2. The molecular weight excluding hydrogens is 383 g/mol. The molecule has 2 aromatic carbocycles. The number of nitrogens with zero attached hydrogens (tertiary/aromatic N) is 2. The van der Waals surface area contributed by atoms with Crippen LogP contribution in [0.15, 0.2) is 42.6 Å². The average molecular weight is 400 g/mol. The molecule has 0 saturated carbocycles. The first-order valence-corrected chi connectivity index (χ1v) is 8.26. The summed E-state index contributed by atoms with van der Waals surface area (Å²) >= 11 is 0. The Balaban J connectivity index is 1.94. The Morgan fingerprint density at radius 3 is 2.62 bits per heavy atom. The van der Waals surface area contributed by atoms with E-state index in [4.69, 9.17) is 4.74 Å². The van der Waals surface area contributed by atoms with E-state index in [9.17, 15) is 19.4 Å². The Hall–Kier alpha value is -4.08. The van der Waals surface area contributed by atoms with Crippen molar-refractivity contribution in [2.24, 2.45) is 0 Å². The summed E-state index contributed by atoms with van der Waals surface area (Å²) in [6, 6.07) is 8.64. The van der Waals surface area contributed by atoms with Crippen LogP contribution in [0.3, 0.4) is 0 Å². The van der Waals surface area contributed by atoms with E-state index >= 15 is 0 Å². The first-order chi connectivity index (χ1) is 13.9. The van der Waals surface area contributed by atoms with E-state index in [1.807, 2.05) is 0 Å². The minimum atomic E-state index is -0.725. The van der Waals surface area contributed by atoms with Crippen LogP contribution < -0.4 is 15.4 Å². The number of nitrogens with one attached hydrogen (secondary N) is 2. The number of phenolic OH excluding ortho intramolecular Hbond substituents is 2. The van der Waals surface area contributed by atoms with Crippen molar-refractivity contribution >= 4 is 29.1 Å². The van der Waals surface area contributed by atoms with Crippen LogP contribution in [0.2, 0.25) is 0 Å². The molecule has 0 saturated heterocycles. The number of aromatic hydroxyl groups is 2. The van der Waals surface area contributed by atoms with Crippen molar-refractivity contribution in [2.45, 2.75) is 0 Å². The molecule has 3 rings (SSSR count). The van der Waals surface area contributed by atoms with Crippen LogP contribution in [-0.4, -0.2) is 40.4 Å². The van der Waals surface area contributed by atoms with Gasteiger partial charge in [0.2, 0.25) is 5.95 Å². The Kier molecular flexibility index (Phi) is 5.63. The molecule has 0 spiro atoms. The topological polar surface area (TPSA) is 126 Å². The van der Waals surface area contributed by atoms with Crippen molar-refractivity contribution in [1.82, 2.24) is 9.97 Å². The van der Waals surface area contributed by atoms with Crippen LogP contribution in [-0.2, 0) is 4.74 Å². The molecule has 0 aliphatic carbocycles. The van der Waals surface area contributed by atoms with Crippen LogP contribution >= 0.6 is 0 Å². The summed E-state index contributed by atoms with van der Waals surface area (Å²) < 4.78 is 23.9. The molecule has 0 fully saturated rings. The van der Waals surface area contributed by atoms with E-state index in [1.165, 1.54) is 38.5 Å². The molecule has 29 heavy (non-hydrogen) atoms. The lowest BCUT2D eigenvalue weighted by molar-refractivity contribution is 0.0600. The number of methoxy groups -OCH3 is 2. The summed E-state index contributed by atoms with van der Waals surface area (Å²) in [4.78, 5) is 19.7. The second-order valence-electron chi connectivity index (χ2n) is 5.76. The number of ether oxygens (including phenoxy) is 2. The molecule has 0 atom stereocenters. The summed E-state index contributed by atoms with van der Waals surface area (Å²) in [5.41, 5.74) is 0.646. The minimum absolute atomic E-state index is 0.00245. The molecule has 0 unspecified atom stereocenters. The Bertz CT molecular complexity index is 1060. The lowest BCUT2D eigenvalue weighted by atomic mass is 10.1. The van der Waals surface area contributed by atoms with E-state index in [-0.39, 0.29) is 40.3 Å². The number of anilines is 4. The van der Waals surface area contributed by atoms with Crippen molar-refractivity contribution in [3.63, 3.8) is 0 Å². The first-order valence-electron chi connectivity index (χ1n) is 8.26. The highest BCUT2D eigenvalue weighted by molar-refractivity contribution is 5.92. The molecular formula is C19H17FN4O5. The van der Waals surface area contributed by atoms with Gasteiger partial charge in [-0.3, -0.25) is 0 Å². The highest BCUT2D eigenvalue weighted by atomic mass is 19.1. The molecule has 0 aliphatic heterocycles. The smallest absolute Gasteiger partial charge is 0.338 e. The molecule has 150 valence electrons. The number of hydrogen-bond acceptors (Lipinski definition) is 9. The number of carbonyl (C=O) groups excluding carboxylic acids is 1. The average Bonchev–Trinajstić information content (AvgIpc) is 2.69. The highest BCUT2D eigenvalue weighted by Gasteiger charge is 2.17. The van der Waals surface area contributed by atoms with Crippen LogP contribution in [0, 0.1) is 5.82 Å². The number of halogens is 1. The molecule has 10 heteroatoms. The molecule has 0 aliphatic rings. The van der Waals surface area contributed by atoms with E-state index in [2.05, 4.69) is 25.3 Å². The fourth-order valence-electron chi connectivity index (χ4n) is 2.51. The second kappa shape index (κ2) is 8.30. The number of esters is 1. The van der Waals surface area contributed by atoms with Gasteiger partial charge in [-0.1, -0.05) is 6.07 Å². The summed E-state index contributed by atoms with van der Waals surface area (Å²) in [5, 5.41) is 25.1. The molecule has 0 radical (unpaired) electrons. The minimum Gasteiger partial charge on any atom is -0.508 e. The van der Waals surface area contributed by atoms with Crippen LogP contribution in [0.25, 0.3) is 0 Å². The molecule has 1 heterocycles. The monoisotopic (exact) mass is 400 g/mol. The zero-order chi connectivity index (χ0) is 21.0. The van der Waals surface area contributed by atoms with Crippen molar-refractivity contribution in [3.8, 4) is 17.2 Å². The van der Waals surface area contributed by atoms with Gasteiger partial charge in [-0.05, 0) is 24.3 Å². The van der Waals surface area contributed by atoms with Crippen molar-refractivity contribution in [3.05, 3.63) is 54.0 Å². The summed E-state index contributed by atoms with van der Waals surface area (Å²) in [5.74, 6) is -1.85. The van der Waals surface area contributed by atoms with Gasteiger partial charge in [-0.2, -0.15) is 4.98 Å². The normalized spacial score (nSPS) is 10.3. The van der Waals surface area contributed by atoms with Gasteiger partial charge in [-0.25, -0.2) is 14.2 Å². The summed E-state index contributed by atoms with van der Waals surface area (Å²) in [7, 11) is 2.54. The molecule has 0 amide bonds. The van der Waals surface area contributed by atoms with Crippen LogP contribution in [0.4, 0.5) is 27.5 Å². The maximum absolute atomic E-state index is 14.1. The van der Waals surface area contributed by atoms with E-state index in [0.717, 1.165) is 6.20 Å². The Morgan fingerprint density at radius 1 is 1.14 bits per heavy atom. The van der Waals surface area contributed by atoms with Gasteiger partial charge in [-0.15, -0.1) is 0 Å². The van der Waals surface area contributed by atoms with Crippen molar-refractivity contribution in [1.29, 1.82) is 0 Å². The quantitative estimate of drug-likeness (QED) is 0.461. The zero-order valence-corrected chi connectivity index (χ0v) is 15.4. The lowest BCUT2D eigenvalue weighted by Crippen LogP contribution is -2.06. The van der Waals surface area contributed by atoms with Crippen LogP contribution in [0.1, 0.15) is 10.4 Å². The highest BCUT2D eigenvalue weighted by Crippen LogP contribution is 2.37. The number of rotatable bonds is 6. The third kappa shape index (κ3) is 4.43. The van der Waals surface area contributed by atoms with Gasteiger partial charge in [0, 0.05) is 11.8 Å². The van der Waals surface area contributed by atoms with Crippen LogP contribution in [0.5, 0.6) is 17.2 Å². The van der Waals surface area contributed by atoms with Gasteiger partial charge in [0.05, 0.1) is 31.7 Å². The fourth-order valence-corrected chi connectivity index (χ4v) is 2.51. The Morgan fingerprint density at radius 2 is 1.93 bits per heavy atom. The molecule has 0 bridgehead atoms. The Labute approximate surface area is 164 Å². The molecule has 9 nitrogen and oxygen atoms in total. The van der Waals surface area contributed by atoms with Crippen molar-refractivity contribution in [2.75, 3.05) is 24.9 Å². The number of hydrogen-bond donors (Lipinski definition) is 4. The predicted octanol–water partition coefficient (Wildman–Crippen LogP) is 3.31. The maximum Gasteiger partial charge on any atom is 0.338 e. The maximum atomic E-state index is 14.1. The fraction of sp³-hybridized carbons (Fsp3) is 0.105. The van der Waals surface area contributed by atoms with Gasteiger partial charge < -0.3 is 30.3 Å². The zero-order valence-electron chi connectivity index (χ0n) is 15.4. The largest absolute Gasteiger partial charge is 0.508 e. The third-order valence-electron chi connectivity index (χ3n) is 3.79.